The van der Waals surface area contributed by atoms with E-state index in [1.165, 1.54) is 6.07 Å². The van der Waals surface area contributed by atoms with Gasteiger partial charge in [0.15, 0.2) is 5.69 Å². The van der Waals surface area contributed by atoms with E-state index in [1.54, 1.807) is 18.2 Å². The van der Waals surface area contributed by atoms with E-state index in [1.807, 2.05) is 19.1 Å². The number of rotatable bonds is 7. The monoisotopic (exact) mass is 385 g/mol. The molecule has 0 aliphatic rings. The third-order valence-electron chi connectivity index (χ3n) is 4.23. The van der Waals surface area contributed by atoms with Crippen molar-refractivity contribution in [1.82, 2.24) is 4.98 Å². The smallest absolute Gasteiger partial charge is 0.388 e. The van der Waals surface area contributed by atoms with Crippen LogP contribution in [-0.4, -0.2) is 10.1 Å². The van der Waals surface area contributed by atoms with Crippen LogP contribution in [0.1, 0.15) is 62.0 Å². The number of benzene rings is 1. The number of hydrogen-bond donors (Lipinski definition) is 1. The molecule has 0 fully saturated rings. The van der Waals surface area contributed by atoms with Crippen LogP contribution in [-0.2, 0) is 6.18 Å². The Labute approximate surface area is 159 Å². The van der Waals surface area contributed by atoms with E-state index >= 15 is 0 Å². The molecule has 144 valence electrons. The van der Waals surface area contributed by atoms with Gasteiger partial charge in [0.05, 0.1) is 11.8 Å². The molecule has 1 N–H and O–H groups in total. The SMILES string of the molecule is CCCCCC[C@@H](O)c1ccc(-c2ccc(C)cc2)nc1C(F)(F)F.S. The van der Waals surface area contributed by atoms with Crippen molar-refractivity contribution in [2.24, 2.45) is 0 Å². The average Bonchev–Trinajstić information content (AvgIpc) is 2.58. The first kappa shape index (κ1) is 22.5. The van der Waals surface area contributed by atoms with Gasteiger partial charge in [-0.1, -0.05) is 68.5 Å². The largest absolute Gasteiger partial charge is 0.433 e. The number of aromatic nitrogens is 1. The van der Waals surface area contributed by atoms with Crippen LogP contribution in [0.3, 0.4) is 0 Å². The Morgan fingerprint density at radius 3 is 2.23 bits per heavy atom. The second-order valence-corrected chi connectivity index (χ2v) is 6.36. The van der Waals surface area contributed by atoms with Gasteiger partial charge in [-0.2, -0.15) is 26.7 Å². The van der Waals surface area contributed by atoms with E-state index < -0.39 is 18.0 Å². The van der Waals surface area contributed by atoms with Gasteiger partial charge in [-0.3, -0.25) is 0 Å². The normalized spacial score (nSPS) is 12.5. The second-order valence-electron chi connectivity index (χ2n) is 6.36. The number of pyridine rings is 1. The third kappa shape index (κ3) is 6.02. The molecule has 0 spiro atoms. The number of alkyl halides is 3. The van der Waals surface area contributed by atoms with Crippen molar-refractivity contribution in [3.05, 3.63) is 53.2 Å². The fourth-order valence-corrected chi connectivity index (χ4v) is 2.77. The van der Waals surface area contributed by atoms with E-state index in [2.05, 4.69) is 11.9 Å². The summed E-state index contributed by atoms with van der Waals surface area (Å²) in [6.45, 7) is 3.97. The van der Waals surface area contributed by atoms with Gasteiger partial charge in [-0.05, 0) is 19.4 Å². The Hall–Kier alpha value is -1.53. The lowest BCUT2D eigenvalue weighted by Crippen LogP contribution is -2.15. The van der Waals surface area contributed by atoms with Crippen molar-refractivity contribution >= 4 is 13.5 Å². The number of unbranched alkanes of at least 4 members (excludes halogenated alkanes) is 3. The molecule has 0 bridgehead atoms. The highest BCUT2D eigenvalue weighted by atomic mass is 32.1. The molecule has 0 saturated heterocycles. The lowest BCUT2D eigenvalue weighted by molar-refractivity contribution is -0.142. The Morgan fingerprint density at radius 2 is 1.65 bits per heavy atom. The highest BCUT2D eigenvalue weighted by molar-refractivity contribution is 7.59. The summed E-state index contributed by atoms with van der Waals surface area (Å²) in [6.07, 6.45) is -1.77. The molecule has 6 heteroatoms. The summed E-state index contributed by atoms with van der Waals surface area (Å²) in [4.78, 5) is 3.82. The van der Waals surface area contributed by atoms with Crippen molar-refractivity contribution in [1.29, 1.82) is 0 Å². The Kier molecular flexibility index (Phi) is 8.63. The van der Waals surface area contributed by atoms with Crippen LogP contribution in [0.15, 0.2) is 36.4 Å². The maximum absolute atomic E-state index is 13.4. The van der Waals surface area contributed by atoms with Gasteiger partial charge in [0.2, 0.25) is 0 Å². The summed E-state index contributed by atoms with van der Waals surface area (Å²) in [6, 6.07) is 10.1. The number of halogens is 3. The molecule has 26 heavy (non-hydrogen) atoms. The first-order valence-corrected chi connectivity index (χ1v) is 8.66. The van der Waals surface area contributed by atoms with Crippen molar-refractivity contribution < 1.29 is 18.3 Å². The molecule has 0 saturated carbocycles. The number of nitrogens with zero attached hydrogens (tertiary/aromatic N) is 1. The Balaban J connectivity index is 0.00000338. The molecule has 1 heterocycles. The lowest BCUT2D eigenvalue weighted by atomic mass is 9.99. The zero-order valence-electron chi connectivity index (χ0n) is 15.1. The molecule has 2 aromatic rings. The summed E-state index contributed by atoms with van der Waals surface area (Å²) in [7, 11) is 0. The molecule has 1 aromatic heterocycles. The standard InChI is InChI=1S/C20H24F3NO.H2S/c1-3-4-5-6-7-18(25)16-12-13-17(24-19(16)20(21,22)23)15-10-8-14(2)9-11-15;/h8-13,18,25H,3-7H2,1-2H3;1H2/t18-;/m1./s1. The minimum atomic E-state index is -4.60. The summed E-state index contributed by atoms with van der Waals surface area (Å²) >= 11 is 0. The van der Waals surface area contributed by atoms with Gasteiger partial charge >= 0.3 is 6.18 Å². The van der Waals surface area contributed by atoms with Crippen LogP contribution in [0.2, 0.25) is 0 Å². The van der Waals surface area contributed by atoms with Crippen molar-refractivity contribution in [3.63, 3.8) is 0 Å². The minimum Gasteiger partial charge on any atom is -0.388 e. The van der Waals surface area contributed by atoms with Gasteiger partial charge in [-0.25, -0.2) is 4.98 Å². The van der Waals surface area contributed by atoms with Gasteiger partial charge in [0.25, 0.3) is 0 Å². The molecule has 2 nitrogen and oxygen atoms in total. The Morgan fingerprint density at radius 1 is 1.00 bits per heavy atom. The number of aliphatic hydroxyl groups is 1. The predicted molar refractivity (Wildman–Crippen MR) is 104 cm³/mol. The summed E-state index contributed by atoms with van der Waals surface area (Å²) < 4.78 is 40.3. The molecule has 1 atom stereocenters. The van der Waals surface area contributed by atoms with E-state index in [0.717, 1.165) is 24.8 Å². The zero-order valence-corrected chi connectivity index (χ0v) is 16.1. The molecular formula is C20H26F3NOS. The summed E-state index contributed by atoms with van der Waals surface area (Å²) in [5.41, 5.74) is 0.779. The molecule has 0 radical (unpaired) electrons. The van der Waals surface area contributed by atoms with Crippen LogP contribution in [0.25, 0.3) is 11.3 Å². The molecule has 0 unspecified atom stereocenters. The zero-order chi connectivity index (χ0) is 18.4. The molecule has 0 aliphatic carbocycles. The molecule has 1 aromatic carbocycles. The average molecular weight is 385 g/mol. The summed E-state index contributed by atoms with van der Waals surface area (Å²) in [5, 5.41) is 10.2. The third-order valence-corrected chi connectivity index (χ3v) is 4.23. The highest BCUT2D eigenvalue weighted by Gasteiger charge is 2.37. The summed E-state index contributed by atoms with van der Waals surface area (Å²) in [5.74, 6) is 0. The topological polar surface area (TPSA) is 33.1 Å². The Bertz CT molecular complexity index is 686. The fourth-order valence-electron chi connectivity index (χ4n) is 2.77. The van der Waals surface area contributed by atoms with Gasteiger partial charge in [0, 0.05) is 11.1 Å². The van der Waals surface area contributed by atoms with Crippen molar-refractivity contribution in [2.75, 3.05) is 0 Å². The van der Waals surface area contributed by atoms with Gasteiger partial charge in [0.1, 0.15) is 0 Å². The van der Waals surface area contributed by atoms with E-state index in [0.29, 0.717) is 18.4 Å². The minimum absolute atomic E-state index is 0. The van der Waals surface area contributed by atoms with Crippen LogP contribution < -0.4 is 0 Å². The molecule has 0 aliphatic heterocycles. The fraction of sp³-hybridized carbons (Fsp3) is 0.450. The van der Waals surface area contributed by atoms with Crippen LogP contribution in [0, 0.1) is 6.92 Å². The number of aryl methyl sites for hydroxylation is 1. The molecule has 0 amide bonds. The highest BCUT2D eigenvalue weighted by Crippen LogP contribution is 2.36. The van der Waals surface area contributed by atoms with Crippen molar-refractivity contribution in [3.8, 4) is 11.3 Å². The first-order valence-electron chi connectivity index (χ1n) is 8.66. The van der Waals surface area contributed by atoms with Crippen molar-refractivity contribution in [2.45, 2.75) is 58.2 Å². The van der Waals surface area contributed by atoms with E-state index in [4.69, 9.17) is 0 Å². The van der Waals surface area contributed by atoms with Crippen LogP contribution in [0.4, 0.5) is 13.2 Å². The van der Waals surface area contributed by atoms with Gasteiger partial charge in [-0.15, -0.1) is 0 Å². The van der Waals surface area contributed by atoms with Crippen LogP contribution >= 0.6 is 13.5 Å². The first-order chi connectivity index (χ1) is 11.8. The van der Waals surface area contributed by atoms with E-state index in [9.17, 15) is 18.3 Å². The maximum atomic E-state index is 13.4. The lowest BCUT2D eigenvalue weighted by Gasteiger charge is -2.18. The van der Waals surface area contributed by atoms with Gasteiger partial charge < -0.3 is 5.11 Å². The van der Waals surface area contributed by atoms with Crippen LogP contribution in [0.5, 0.6) is 0 Å². The predicted octanol–water partition coefficient (Wildman–Crippen LogP) is 6.19. The second kappa shape index (κ2) is 9.97. The van der Waals surface area contributed by atoms with E-state index in [-0.39, 0.29) is 24.8 Å². The number of aliphatic hydroxyl groups excluding tert-OH is 1. The quantitative estimate of drug-likeness (QED) is 0.576. The molecule has 2 rings (SSSR count). The maximum Gasteiger partial charge on any atom is 0.433 e. The number of hydrogen-bond acceptors (Lipinski definition) is 2. The molecular weight excluding hydrogens is 359 g/mol.